The van der Waals surface area contributed by atoms with Crippen LogP contribution in [0.3, 0.4) is 0 Å². The molecular weight excluding hydrogens is 456 g/mol. The van der Waals surface area contributed by atoms with Crippen molar-refractivity contribution in [2.75, 3.05) is 0 Å². The van der Waals surface area contributed by atoms with E-state index in [-0.39, 0.29) is 12.2 Å². The van der Waals surface area contributed by atoms with Crippen LogP contribution in [-0.2, 0) is 20.7 Å². The summed E-state index contributed by atoms with van der Waals surface area (Å²) >= 11 is 0. The molecule has 1 amide bonds. The lowest BCUT2D eigenvalue weighted by atomic mass is 10.00. The Bertz CT molecular complexity index is 1150. The van der Waals surface area contributed by atoms with E-state index in [1.807, 2.05) is 4.98 Å². The average Bonchev–Trinajstić information content (AvgIpc) is 3.07. The highest BCUT2D eigenvalue weighted by molar-refractivity contribution is 5.87. The van der Waals surface area contributed by atoms with Gasteiger partial charge in [0, 0.05) is 18.7 Å². The summed E-state index contributed by atoms with van der Waals surface area (Å²) < 4.78 is 6.14. The Morgan fingerprint density at radius 2 is 1.79 bits per heavy atom. The van der Waals surface area contributed by atoms with Crippen molar-refractivity contribution in [2.24, 2.45) is 5.73 Å². The molecule has 0 aliphatic carbocycles. The number of nitrogens with one attached hydrogen (secondary N) is 2. The number of aliphatic hydroxyl groups is 3. The van der Waals surface area contributed by atoms with E-state index in [0.29, 0.717) is 5.56 Å². The zero-order valence-corrected chi connectivity index (χ0v) is 17.5. The molecule has 9 N–H and O–H groups in total. The van der Waals surface area contributed by atoms with E-state index in [0.717, 1.165) is 16.8 Å². The molecular formula is C20H24N4O10. The van der Waals surface area contributed by atoms with Crippen LogP contribution in [0.1, 0.15) is 11.8 Å². The Morgan fingerprint density at radius 3 is 2.38 bits per heavy atom. The zero-order valence-electron chi connectivity index (χ0n) is 17.5. The van der Waals surface area contributed by atoms with Gasteiger partial charge >= 0.3 is 11.7 Å². The van der Waals surface area contributed by atoms with Gasteiger partial charge in [-0.15, -0.1) is 0 Å². The Labute approximate surface area is 190 Å². The summed E-state index contributed by atoms with van der Waals surface area (Å²) in [6.07, 6.45) is -7.39. The fourth-order valence-corrected chi connectivity index (χ4v) is 3.53. The number of carboxylic acids is 1. The van der Waals surface area contributed by atoms with Crippen LogP contribution in [0.5, 0.6) is 5.75 Å². The van der Waals surface area contributed by atoms with Gasteiger partial charge in [-0.3, -0.25) is 19.1 Å². The minimum absolute atomic E-state index is 0.00400. The van der Waals surface area contributed by atoms with E-state index in [2.05, 4.69) is 5.32 Å². The van der Waals surface area contributed by atoms with Gasteiger partial charge in [0.2, 0.25) is 5.91 Å². The van der Waals surface area contributed by atoms with Crippen LogP contribution in [0.25, 0.3) is 0 Å². The second-order valence-corrected chi connectivity index (χ2v) is 7.78. The Kier molecular flexibility index (Phi) is 7.48. The summed E-state index contributed by atoms with van der Waals surface area (Å²) in [6, 6.07) is 3.25. The average molecular weight is 480 g/mol. The molecule has 34 heavy (non-hydrogen) atoms. The largest absolute Gasteiger partial charge is 0.508 e. The Balaban J connectivity index is 1.73. The molecule has 184 valence electrons. The molecule has 14 heteroatoms. The van der Waals surface area contributed by atoms with Crippen LogP contribution in [0, 0.1) is 0 Å². The number of hydrogen-bond donors (Lipinski definition) is 8. The molecule has 1 aliphatic heterocycles. The van der Waals surface area contributed by atoms with Crippen molar-refractivity contribution in [1.82, 2.24) is 14.9 Å². The Morgan fingerprint density at radius 1 is 1.15 bits per heavy atom. The van der Waals surface area contributed by atoms with Crippen molar-refractivity contribution in [1.29, 1.82) is 0 Å². The van der Waals surface area contributed by atoms with E-state index in [1.165, 1.54) is 24.3 Å². The number of hydrogen-bond acceptors (Lipinski definition) is 10. The third-order valence-corrected chi connectivity index (χ3v) is 5.39. The molecule has 0 bridgehead atoms. The molecule has 1 aromatic heterocycles. The smallest absolute Gasteiger partial charge is 0.330 e. The van der Waals surface area contributed by atoms with Crippen molar-refractivity contribution >= 4 is 11.9 Å². The number of phenolic OH excluding ortho intramolecular Hbond substituents is 1. The minimum Gasteiger partial charge on any atom is -0.508 e. The van der Waals surface area contributed by atoms with Crippen LogP contribution >= 0.6 is 0 Å². The quantitative estimate of drug-likeness (QED) is 0.183. The summed E-state index contributed by atoms with van der Waals surface area (Å²) in [4.78, 5) is 49.5. The fourth-order valence-electron chi connectivity index (χ4n) is 3.53. The van der Waals surface area contributed by atoms with Gasteiger partial charge in [0.15, 0.2) is 12.3 Å². The number of rotatable bonds is 8. The second-order valence-electron chi connectivity index (χ2n) is 7.78. The number of carboxylic acid groups (broad SMARTS) is 1. The number of carbonyl (C=O) groups is 2. The molecule has 1 fully saturated rings. The number of benzene rings is 1. The van der Waals surface area contributed by atoms with Crippen LogP contribution in [0.2, 0.25) is 0 Å². The normalized spacial score (nSPS) is 24.8. The van der Waals surface area contributed by atoms with E-state index in [9.17, 15) is 44.7 Å². The van der Waals surface area contributed by atoms with Gasteiger partial charge in [-0.1, -0.05) is 12.1 Å². The summed E-state index contributed by atoms with van der Waals surface area (Å²) in [5.74, 6) is -2.71. The van der Waals surface area contributed by atoms with Crippen molar-refractivity contribution < 1.29 is 39.9 Å². The summed E-state index contributed by atoms with van der Waals surface area (Å²) in [5, 5.41) is 51.9. The zero-order chi connectivity index (χ0) is 25.2. The number of nitrogens with two attached hydrogens (primary N) is 1. The lowest BCUT2D eigenvalue weighted by Crippen LogP contribution is -2.58. The number of carbonyl (C=O) groups excluding carboxylic acids is 1. The first kappa shape index (κ1) is 25.1. The number of aromatic hydroxyl groups is 1. The predicted molar refractivity (Wildman–Crippen MR) is 113 cm³/mol. The number of phenols is 1. The molecule has 1 aliphatic rings. The van der Waals surface area contributed by atoms with Crippen molar-refractivity contribution in [3.05, 3.63) is 62.9 Å². The van der Waals surface area contributed by atoms with Gasteiger partial charge in [0.25, 0.3) is 5.56 Å². The number of aromatic nitrogens is 2. The number of nitrogens with zero attached hydrogens (tertiary/aromatic N) is 1. The maximum absolute atomic E-state index is 12.5. The monoisotopic (exact) mass is 480 g/mol. The topological polar surface area (TPSA) is 237 Å². The van der Waals surface area contributed by atoms with Gasteiger partial charge in [-0.05, 0) is 17.7 Å². The van der Waals surface area contributed by atoms with Crippen molar-refractivity contribution in [3.63, 3.8) is 0 Å². The maximum atomic E-state index is 12.5. The molecule has 1 unspecified atom stereocenters. The van der Waals surface area contributed by atoms with Crippen molar-refractivity contribution in [2.45, 2.75) is 49.1 Å². The van der Waals surface area contributed by atoms with Crippen molar-refractivity contribution in [3.8, 4) is 5.75 Å². The summed E-state index contributed by atoms with van der Waals surface area (Å²) in [6.45, 7) is 0. The minimum atomic E-state index is -1.91. The SMILES string of the molecule is N[C@@H](C(=O)N[C@H](C(=O)O)C1O[C@@H](n2ccc(=O)[nH]c2=O)[C@H](O)[C@@H]1O)[C@H](O)Cc1ccc(O)cc1. The number of amides is 1. The maximum Gasteiger partial charge on any atom is 0.330 e. The molecule has 1 aromatic carbocycles. The third-order valence-electron chi connectivity index (χ3n) is 5.39. The third kappa shape index (κ3) is 5.32. The molecule has 2 heterocycles. The first-order valence-corrected chi connectivity index (χ1v) is 10.1. The first-order chi connectivity index (χ1) is 16.0. The molecule has 14 nitrogen and oxygen atoms in total. The van der Waals surface area contributed by atoms with E-state index >= 15 is 0 Å². The highest BCUT2D eigenvalue weighted by Crippen LogP contribution is 2.30. The van der Waals surface area contributed by atoms with Gasteiger partial charge in [0.1, 0.15) is 30.1 Å². The lowest BCUT2D eigenvalue weighted by molar-refractivity contribution is -0.149. The number of ether oxygens (including phenoxy) is 1. The summed E-state index contributed by atoms with van der Waals surface area (Å²) in [7, 11) is 0. The van der Waals surface area contributed by atoms with Gasteiger partial charge in [-0.2, -0.15) is 0 Å². The van der Waals surface area contributed by atoms with E-state index in [4.69, 9.17) is 10.5 Å². The fraction of sp³-hybridized carbons (Fsp3) is 0.400. The van der Waals surface area contributed by atoms with Crippen LogP contribution in [-0.4, -0.2) is 83.5 Å². The summed E-state index contributed by atoms with van der Waals surface area (Å²) in [5.41, 5.74) is 4.62. The van der Waals surface area contributed by atoms with E-state index < -0.39 is 65.9 Å². The molecule has 3 rings (SSSR count). The predicted octanol–water partition coefficient (Wildman–Crippen LogP) is -3.64. The van der Waals surface area contributed by atoms with Gasteiger partial charge < -0.3 is 41.3 Å². The van der Waals surface area contributed by atoms with Crippen LogP contribution in [0.4, 0.5) is 0 Å². The molecule has 0 radical (unpaired) electrons. The molecule has 0 saturated carbocycles. The number of aliphatic hydroxyl groups excluding tert-OH is 3. The van der Waals surface area contributed by atoms with Gasteiger partial charge in [-0.25, -0.2) is 9.59 Å². The highest BCUT2D eigenvalue weighted by Gasteiger charge is 2.50. The Hall–Kier alpha value is -3.56. The number of aliphatic carboxylic acids is 1. The number of H-pyrrole nitrogens is 1. The molecule has 1 saturated heterocycles. The molecule has 7 atom stereocenters. The molecule has 2 aromatic rings. The standard InChI is InChI=1S/C20H24N4O10/c21-12(10(26)7-8-1-3-9(25)4-2-8)17(30)23-13(19(31)32)16-14(28)15(29)18(34-16)24-6-5-11(27)22-20(24)33/h1-6,10,12-16,18,25-26,28-29H,7,21H2,(H,23,30)(H,31,32)(H,22,27,33)/t10-,12-,13+,14+,15-,16?,18-/m1/s1. The van der Waals surface area contributed by atoms with Gasteiger partial charge in [0.05, 0.1) is 6.10 Å². The van der Waals surface area contributed by atoms with Crippen LogP contribution in [0.15, 0.2) is 46.1 Å². The number of aromatic amines is 1. The lowest BCUT2D eigenvalue weighted by Gasteiger charge is -2.26. The molecule has 0 spiro atoms. The van der Waals surface area contributed by atoms with E-state index in [1.54, 1.807) is 0 Å². The van der Waals surface area contributed by atoms with Crippen LogP contribution < -0.4 is 22.3 Å². The second kappa shape index (κ2) is 10.1. The highest BCUT2D eigenvalue weighted by atomic mass is 16.6. The first-order valence-electron chi connectivity index (χ1n) is 10.1.